The molecule has 0 spiro atoms. The monoisotopic (exact) mass is 304 g/mol. The molecule has 1 aromatic carbocycles. The summed E-state index contributed by atoms with van der Waals surface area (Å²) in [5, 5.41) is 0.181. The molecule has 0 heterocycles. The molecule has 1 aliphatic carbocycles. The fourth-order valence-electron chi connectivity index (χ4n) is 2.87. The maximum absolute atomic E-state index is 12.5. The molecular formula is C18H28O2Si. The van der Waals surface area contributed by atoms with Crippen LogP contribution >= 0.6 is 0 Å². The summed E-state index contributed by atoms with van der Waals surface area (Å²) < 4.78 is 6.52. The van der Waals surface area contributed by atoms with E-state index in [1.807, 2.05) is 18.2 Å². The van der Waals surface area contributed by atoms with Gasteiger partial charge in [0.1, 0.15) is 5.78 Å². The van der Waals surface area contributed by atoms with Crippen molar-refractivity contribution in [3.8, 4) is 0 Å². The van der Waals surface area contributed by atoms with E-state index in [0.717, 1.165) is 5.56 Å². The molecule has 21 heavy (non-hydrogen) atoms. The highest BCUT2D eigenvalue weighted by Crippen LogP contribution is 2.43. The van der Waals surface area contributed by atoms with E-state index in [1.54, 1.807) is 0 Å². The Kier molecular flexibility index (Phi) is 4.46. The van der Waals surface area contributed by atoms with E-state index in [9.17, 15) is 4.79 Å². The highest BCUT2D eigenvalue weighted by Gasteiger charge is 2.46. The number of benzene rings is 1. The molecule has 2 rings (SSSR count). The number of carbonyl (C=O) groups excluding carboxylic acids is 1. The summed E-state index contributed by atoms with van der Waals surface area (Å²) >= 11 is 0. The zero-order chi connectivity index (χ0) is 15.8. The molecule has 3 atom stereocenters. The van der Waals surface area contributed by atoms with Gasteiger partial charge in [-0.1, -0.05) is 58.0 Å². The molecule has 0 radical (unpaired) electrons. The molecule has 0 aliphatic heterocycles. The van der Waals surface area contributed by atoms with Gasteiger partial charge in [-0.2, -0.15) is 0 Å². The van der Waals surface area contributed by atoms with Crippen LogP contribution in [0.3, 0.4) is 0 Å². The Bertz CT molecular complexity index is 502. The zero-order valence-electron chi connectivity index (χ0n) is 14.1. The molecule has 1 aromatic rings. The lowest BCUT2D eigenvalue weighted by molar-refractivity contribution is -0.119. The van der Waals surface area contributed by atoms with Crippen LogP contribution in [0.15, 0.2) is 30.3 Å². The summed E-state index contributed by atoms with van der Waals surface area (Å²) in [4.78, 5) is 12.5. The Morgan fingerprint density at radius 2 is 1.71 bits per heavy atom. The quantitative estimate of drug-likeness (QED) is 0.752. The first-order chi connectivity index (χ1) is 9.63. The second kappa shape index (κ2) is 5.69. The molecule has 2 nitrogen and oxygen atoms in total. The third-order valence-corrected chi connectivity index (χ3v) is 9.78. The molecule has 116 valence electrons. The maximum atomic E-state index is 12.5. The second-order valence-electron chi connectivity index (χ2n) is 7.83. The third kappa shape index (κ3) is 3.29. The molecule has 3 heteroatoms. The first kappa shape index (κ1) is 16.4. The molecule has 0 saturated heterocycles. The van der Waals surface area contributed by atoms with Crippen LogP contribution in [0, 0.1) is 5.92 Å². The summed E-state index contributed by atoms with van der Waals surface area (Å²) in [6.07, 6.45) is 0.636. The van der Waals surface area contributed by atoms with E-state index in [2.05, 4.69) is 52.9 Å². The summed E-state index contributed by atoms with van der Waals surface area (Å²) in [6.45, 7) is 13.4. The van der Waals surface area contributed by atoms with Crippen molar-refractivity contribution < 1.29 is 9.22 Å². The molecule has 1 fully saturated rings. The molecule has 0 bridgehead atoms. The highest BCUT2D eigenvalue weighted by molar-refractivity contribution is 6.74. The minimum Gasteiger partial charge on any atom is -0.413 e. The fourth-order valence-corrected chi connectivity index (χ4v) is 4.28. The Labute approximate surface area is 130 Å². The van der Waals surface area contributed by atoms with E-state index < -0.39 is 8.32 Å². The fraction of sp³-hybridized carbons (Fsp3) is 0.611. The first-order valence-corrected chi connectivity index (χ1v) is 10.8. The third-order valence-electron chi connectivity index (χ3n) is 5.27. The topological polar surface area (TPSA) is 26.3 Å². The zero-order valence-corrected chi connectivity index (χ0v) is 15.1. The summed E-state index contributed by atoms with van der Waals surface area (Å²) in [5.41, 5.74) is 1.14. The number of rotatable bonds is 3. The molecule has 0 amide bonds. The van der Waals surface area contributed by atoms with E-state index in [-0.39, 0.29) is 23.0 Å². The minimum atomic E-state index is -1.82. The minimum absolute atomic E-state index is 0.000897. The van der Waals surface area contributed by atoms with Crippen LogP contribution in [0.2, 0.25) is 18.1 Å². The van der Waals surface area contributed by atoms with Crippen molar-refractivity contribution in [2.24, 2.45) is 5.92 Å². The summed E-state index contributed by atoms with van der Waals surface area (Å²) in [6, 6.07) is 10.1. The van der Waals surface area contributed by atoms with Crippen molar-refractivity contribution in [1.29, 1.82) is 0 Å². The molecule has 0 N–H and O–H groups in total. The predicted molar refractivity (Wildman–Crippen MR) is 90.0 cm³/mol. The largest absolute Gasteiger partial charge is 0.413 e. The highest BCUT2D eigenvalue weighted by atomic mass is 28.4. The van der Waals surface area contributed by atoms with Crippen molar-refractivity contribution in [2.75, 3.05) is 0 Å². The number of hydrogen-bond donors (Lipinski definition) is 0. The van der Waals surface area contributed by atoms with Crippen molar-refractivity contribution >= 4 is 14.1 Å². The van der Waals surface area contributed by atoms with Gasteiger partial charge in [-0.15, -0.1) is 0 Å². The Morgan fingerprint density at radius 1 is 1.14 bits per heavy atom. The van der Waals surface area contributed by atoms with Crippen LogP contribution in [-0.2, 0) is 9.22 Å². The van der Waals surface area contributed by atoms with Gasteiger partial charge in [0.05, 0.1) is 6.10 Å². The Hall–Kier alpha value is -0.933. The van der Waals surface area contributed by atoms with Crippen molar-refractivity contribution in [2.45, 2.75) is 64.3 Å². The van der Waals surface area contributed by atoms with E-state index in [4.69, 9.17) is 4.43 Å². The van der Waals surface area contributed by atoms with Crippen LogP contribution < -0.4 is 0 Å². The lowest BCUT2D eigenvalue weighted by Crippen LogP contribution is -2.44. The van der Waals surface area contributed by atoms with Gasteiger partial charge in [0, 0.05) is 12.3 Å². The van der Waals surface area contributed by atoms with Gasteiger partial charge in [-0.25, -0.2) is 0 Å². The van der Waals surface area contributed by atoms with Crippen LogP contribution in [0.1, 0.15) is 45.6 Å². The van der Waals surface area contributed by atoms with Crippen LogP contribution in [0.25, 0.3) is 0 Å². The lowest BCUT2D eigenvalue weighted by atomic mass is 9.89. The van der Waals surface area contributed by atoms with Crippen molar-refractivity contribution in [3.05, 3.63) is 35.9 Å². The normalized spacial score (nSPS) is 27.1. The Balaban J connectivity index is 2.18. The van der Waals surface area contributed by atoms with Gasteiger partial charge >= 0.3 is 0 Å². The number of Topliss-reactive ketones (excluding diaryl/α,β-unsaturated/α-hetero) is 1. The number of carbonyl (C=O) groups is 1. The molecular weight excluding hydrogens is 276 g/mol. The number of hydrogen-bond acceptors (Lipinski definition) is 2. The average molecular weight is 305 g/mol. The van der Waals surface area contributed by atoms with Gasteiger partial charge < -0.3 is 4.43 Å². The number of ketones is 1. The van der Waals surface area contributed by atoms with Crippen molar-refractivity contribution in [3.63, 3.8) is 0 Å². The van der Waals surface area contributed by atoms with Crippen LogP contribution in [0.5, 0.6) is 0 Å². The van der Waals surface area contributed by atoms with Gasteiger partial charge in [0.15, 0.2) is 8.32 Å². The Morgan fingerprint density at radius 3 is 2.24 bits per heavy atom. The summed E-state index contributed by atoms with van der Waals surface area (Å²) in [7, 11) is -1.82. The van der Waals surface area contributed by atoms with Crippen LogP contribution in [-0.4, -0.2) is 20.2 Å². The second-order valence-corrected chi connectivity index (χ2v) is 12.6. The smallest absolute Gasteiger partial charge is 0.192 e. The van der Waals surface area contributed by atoms with E-state index in [1.165, 1.54) is 0 Å². The molecule has 1 aliphatic rings. The van der Waals surface area contributed by atoms with Gasteiger partial charge in [-0.05, 0) is 29.6 Å². The maximum Gasteiger partial charge on any atom is 0.192 e. The standard InChI is InChI=1S/C18H28O2Si/c1-13-16(20-21(5,6)18(2,3)4)12-15(19)17(13)14-10-8-7-9-11-14/h7-11,13,16-17H,12H2,1-6H3/t13-,16+,17-/m0/s1. The van der Waals surface area contributed by atoms with Crippen LogP contribution in [0.4, 0.5) is 0 Å². The average Bonchev–Trinajstić information content (AvgIpc) is 2.63. The lowest BCUT2D eigenvalue weighted by Gasteiger charge is -2.39. The van der Waals surface area contributed by atoms with E-state index >= 15 is 0 Å². The molecule has 0 aromatic heterocycles. The molecule has 0 unspecified atom stereocenters. The van der Waals surface area contributed by atoms with Gasteiger partial charge in [0.25, 0.3) is 0 Å². The predicted octanol–water partition coefficient (Wildman–Crippen LogP) is 4.77. The first-order valence-electron chi connectivity index (χ1n) is 7.89. The SMILES string of the molecule is C[C@@H]1[C@@H](c2ccccc2)C(=O)C[C@H]1O[Si](C)(C)C(C)(C)C. The van der Waals surface area contributed by atoms with Gasteiger partial charge in [-0.3, -0.25) is 4.79 Å². The van der Waals surface area contributed by atoms with Gasteiger partial charge in [0.2, 0.25) is 0 Å². The summed E-state index contributed by atoms with van der Waals surface area (Å²) in [5.74, 6) is 0.590. The van der Waals surface area contributed by atoms with E-state index in [0.29, 0.717) is 12.2 Å². The molecule has 1 saturated carbocycles. The van der Waals surface area contributed by atoms with Crippen molar-refractivity contribution in [1.82, 2.24) is 0 Å².